The molecule has 3 nitrogen and oxygen atoms in total. The van der Waals surface area contributed by atoms with Crippen molar-refractivity contribution in [2.45, 2.75) is 0 Å². The number of anilines is 1. The number of nitrogens with zero attached hydrogens (tertiary/aromatic N) is 1. The van der Waals surface area contributed by atoms with Crippen molar-refractivity contribution in [3.05, 3.63) is 63.9 Å². The van der Waals surface area contributed by atoms with E-state index in [4.69, 9.17) is 0 Å². The van der Waals surface area contributed by atoms with Gasteiger partial charge in [0.1, 0.15) is 0 Å². The fourth-order valence-electron chi connectivity index (χ4n) is 2.29. The van der Waals surface area contributed by atoms with Crippen molar-refractivity contribution in [3.8, 4) is 0 Å². The predicted molar refractivity (Wildman–Crippen MR) is 90.0 cm³/mol. The van der Waals surface area contributed by atoms with Crippen molar-refractivity contribution in [3.63, 3.8) is 0 Å². The van der Waals surface area contributed by atoms with Gasteiger partial charge in [0.05, 0.1) is 5.56 Å². The molecule has 3 aromatic rings. The zero-order valence-electron chi connectivity index (χ0n) is 10.9. The molecule has 4 heteroatoms. The number of rotatable bonds is 2. The Hall–Kier alpha value is -1.82. The van der Waals surface area contributed by atoms with Crippen LogP contribution in [0.1, 0.15) is 10.4 Å². The van der Waals surface area contributed by atoms with Gasteiger partial charge in [0, 0.05) is 33.4 Å². The number of hydrogen-bond acceptors (Lipinski definition) is 1. The van der Waals surface area contributed by atoms with Gasteiger partial charge in [-0.15, -0.1) is 0 Å². The Labute approximate surface area is 130 Å². The van der Waals surface area contributed by atoms with Gasteiger partial charge in [0.25, 0.3) is 5.91 Å². The van der Waals surface area contributed by atoms with E-state index in [1.807, 2.05) is 66.3 Å². The van der Waals surface area contributed by atoms with Gasteiger partial charge in [-0.2, -0.15) is 0 Å². The normalized spacial score (nSPS) is 10.7. The van der Waals surface area contributed by atoms with Crippen LogP contribution in [0.25, 0.3) is 10.9 Å². The van der Waals surface area contributed by atoms with Gasteiger partial charge < -0.3 is 9.88 Å². The van der Waals surface area contributed by atoms with Crippen molar-refractivity contribution >= 4 is 45.1 Å². The fourth-order valence-corrected chi connectivity index (χ4v) is 2.83. The predicted octanol–water partition coefficient (Wildman–Crippen LogP) is 4.04. The van der Waals surface area contributed by atoms with Crippen molar-refractivity contribution in [1.29, 1.82) is 0 Å². The average Bonchev–Trinajstić information content (AvgIpc) is 2.77. The van der Waals surface area contributed by atoms with Gasteiger partial charge in [-0.25, -0.2) is 0 Å². The SMILES string of the molecule is Cn1cc(C(=O)Nc2cccc(I)c2)c2ccccc21. The monoisotopic (exact) mass is 376 g/mol. The van der Waals surface area contributed by atoms with E-state index >= 15 is 0 Å². The van der Waals surface area contributed by atoms with Crippen LogP contribution in [0.4, 0.5) is 5.69 Å². The van der Waals surface area contributed by atoms with Crippen LogP contribution in [-0.2, 0) is 7.05 Å². The first-order valence-electron chi connectivity index (χ1n) is 6.26. The summed E-state index contributed by atoms with van der Waals surface area (Å²) in [6.45, 7) is 0. The zero-order chi connectivity index (χ0) is 14.1. The van der Waals surface area contributed by atoms with Gasteiger partial charge in [0.15, 0.2) is 0 Å². The molecule has 1 aromatic heterocycles. The third-order valence-electron chi connectivity index (χ3n) is 3.22. The molecule has 0 radical (unpaired) electrons. The summed E-state index contributed by atoms with van der Waals surface area (Å²) in [5.74, 6) is -0.0798. The van der Waals surface area contributed by atoms with Gasteiger partial charge in [-0.3, -0.25) is 4.79 Å². The molecule has 1 N–H and O–H groups in total. The molecule has 20 heavy (non-hydrogen) atoms. The smallest absolute Gasteiger partial charge is 0.257 e. The Balaban J connectivity index is 1.97. The molecular formula is C16H13IN2O. The molecule has 2 aromatic carbocycles. The number of benzene rings is 2. The number of aromatic nitrogens is 1. The second-order valence-corrected chi connectivity index (χ2v) is 5.88. The minimum atomic E-state index is -0.0798. The number of carbonyl (C=O) groups is 1. The molecule has 3 rings (SSSR count). The first kappa shape index (κ1) is 13.2. The highest BCUT2D eigenvalue weighted by atomic mass is 127. The van der Waals surface area contributed by atoms with Crippen molar-refractivity contribution in [2.75, 3.05) is 5.32 Å². The molecular weight excluding hydrogens is 363 g/mol. The lowest BCUT2D eigenvalue weighted by atomic mass is 10.1. The molecule has 0 fully saturated rings. The molecule has 0 aliphatic rings. The Morgan fingerprint density at radius 2 is 1.95 bits per heavy atom. The van der Waals surface area contributed by atoms with Crippen molar-refractivity contribution in [1.82, 2.24) is 4.57 Å². The number of carbonyl (C=O) groups excluding carboxylic acids is 1. The van der Waals surface area contributed by atoms with Gasteiger partial charge in [0.2, 0.25) is 0 Å². The maximum atomic E-state index is 12.4. The lowest BCUT2D eigenvalue weighted by molar-refractivity contribution is 0.102. The summed E-state index contributed by atoms with van der Waals surface area (Å²) in [6.07, 6.45) is 1.87. The van der Waals surface area contributed by atoms with Crippen LogP contribution in [-0.4, -0.2) is 10.5 Å². The lowest BCUT2D eigenvalue weighted by Gasteiger charge is -2.04. The minimum Gasteiger partial charge on any atom is -0.350 e. The Kier molecular flexibility index (Phi) is 3.48. The molecule has 0 saturated carbocycles. The summed E-state index contributed by atoms with van der Waals surface area (Å²) in [5, 5.41) is 3.92. The zero-order valence-corrected chi connectivity index (χ0v) is 13.1. The second-order valence-electron chi connectivity index (χ2n) is 4.64. The Morgan fingerprint density at radius 3 is 2.75 bits per heavy atom. The van der Waals surface area contributed by atoms with E-state index in [-0.39, 0.29) is 5.91 Å². The summed E-state index contributed by atoms with van der Waals surface area (Å²) >= 11 is 2.23. The quantitative estimate of drug-likeness (QED) is 0.674. The van der Waals surface area contributed by atoms with Crippen LogP contribution in [0.2, 0.25) is 0 Å². The van der Waals surface area contributed by atoms with E-state index in [1.165, 1.54) is 0 Å². The number of halogens is 1. The summed E-state index contributed by atoms with van der Waals surface area (Å²) in [4.78, 5) is 12.4. The summed E-state index contributed by atoms with van der Waals surface area (Å²) < 4.78 is 3.07. The number of para-hydroxylation sites is 1. The highest BCUT2D eigenvalue weighted by Crippen LogP contribution is 2.22. The Bertz CT molecular complexity index is 792. The van der Waals surface area contributed by atoms with Gasteiger partial charge in [-0.05, 0) is 46.9 Å². The minimum absolute atomic E-state index is 0.0798. The van der Waals surface area contributed by atoms with Crippen LogP contribution in [0.5, 0.6) is 0 Å². The fraction of sp³-hybridized carbons (Fsp3) is 0.0625. The molecule has 100 valence electrons. The lowest BCUT2D eigenvalue weighted by Crippen LogP contribution is -2.11. The molecule has 0 atom stereocenters. The highest BCUT2D eigenvalue weighted by molar-refractivity contribution is 14.1. The van der Waals surface area contributed by atoms with Crippen LogP contribution in [0, 0.1) is 3.57 Å². The second kappa shape index (κ2) is 5.28. The number of hydrogen-bond donors (Lipinski definition) is 1. The number of aryl methyl sites for hydroxylation is 1. The van der Waals surface area contributed by atoms with Crippen LogP contribution in [0.3, 0.4) is 0 Å². The first-order chi connectivity index (χ1) is 9.65. The molecule has 0 bridgehead atoms. The van der Waals surface area contributed by atoms with Gasteiger partial charge in [-0.1, -0.05) is 24.3 Å². The molecule has 0 aliphatic carbocycles. The topological polar surface area (TPSA) is 34.0 Å². The van der Waals surface area contributed by atoms with E-state index in [2.05, 4.69) is 27.9 Å². The summed E-state index contributed by atoms with van der Waals surface area (Å²) in [6, 6.07) is 15.7. The van der Waals surface area contributed by atoms with Crippen molar-refractivity contribution < 1.29 is 4.79 Å². The number of nitrogens with one attached hydrogen (secondary N) is 1. The average molecular weight is 376 g/mol. The van der Waals surface area contributed by atoms with Crippen LogP contribution < -0.4 is 5.32 Å². The van der Waals surface area contributed by atoms with E-state index in [9.17, 15) is 4.79 Å². The number of fused-ring (bicyclic) bond motifs is 1. The maximum absolute atomic E-state index is 12.4. The van der Waals surface area contributed by atoms with E-state index in [0.29, 0.717) is 5.56 Å². The largest absolute Gasteiger partial charge is 0.350 e. The summed E-state index contributed by atoms with van der Waals surface area (Å²) in [7, 11) is 1.95. The molecule has 0 unspecified atom stereocenters. The van der Waals surface area contributed by atoms with E-state index < -0.39 is 0 Å². The molecule has 0 aliphatic heterocycles. The number of amides is 1. The molecule has 0 spiro atoms. The third-order valence-corrected chi connectivity index (χ3v) is 3.90. The third kappa shape index (κ3) is 2.43. The standard InChI is InChI=1S/C16H13IN2O/c1-19-10-14(13-7-2-3-8-15(13)19)16(20)18-12-6-4-5-11(17)9-12/h2-10H,1H3,(H,18,20). The molecule has 1 amide bonds. The van der Waals surface area contributed by atoms with Crippen LogP contribution >= 0.6 is 22.6 Å². The maximum Gasteiger partial charge on any atom is 0.257 e. The summed E-state index contributed by atoms with van der Waals surface area (Å²) in [5.41, 5.74) is 2.57. The Morgan fingerprint density at radius 1 is 1.15 bits per heavy atom. The van der Waals surface area contributed by atoms with E-state index in [0.717, 1.165) is 20.2 Å². The molecule has 1 heterocycles. The van der Waals surface area contributed by atoms with Crippen LogP contribution in [0.15, 0.2) is 54.7 Å². The first-order valence-corrected chi connectivity index (χ1v) is 7.34. The van der Waals surface area contributed by atoms with Gasteiger partial charge >= 0.3 is 0 Å². The van der Waals surface area contributed by atoms with E-state index in [1.54, 1.807) is 0 Å². The highest BCUT2D eigenvalue weighted by Gasteiger charge is 2.13. The van der Waals surface area contributed by atoms with Crippen molar-refractivity contribution in [2.24, 2.45) is 7.05 Å². The molecule has 0 saturated heterocycles.